The Hall–Kier alpha value is -2.76. The number of carbonyl (C=O) groups excluding carboxylic acids is 1. The van der Waals surface area contributed by atoms with E-state index in [1.807, 2.05) is 19.9 Å². The highest BCUT2D eigenvalue weighted by Gasteiger charge is 2.17. The molecule has 0 saturated carbocycles. The standard InChI is InChI=1S/C19H24O6/c1-5-15(6-2)25-13(3)16(20)12-24-17-9-7-8-14(19(17)23-4)10-11-18(21)22/h5,7-11,13H,6,12H2,1-4H3,(H,21,22)/b11-10+,15-5+. The first kappa shape index (κ1) is 20.3. The van der Waals surface area contributed by atoms with Gasteiger partial charge in [-0.05, 0) is 32.1 Å². The van der Waals surface area contributed by atoms with E-state index in [9.17, 15) is 9.59 Å². The molecule has 0 amide bonds. The van der Waals surface area contributed by atoms with Crippen molar-refractivity contribution in [1.82, 2.24) is 0 Å². The summed E-state index contributed by atoms with van der Waals surface area (Å²) in [5.74, 6) is 0.201. The van der Waals surface area contributed by atoms with Crippen molar-refractivity contribution in [3.8, 4) is 11.5 Å². The van der Waals surface area contributed by atoms with Gasteiger partial charge in [0, 0.05) is 18.1 Å². The van der Waals surface area contributed by atoms with Crippen LogP contribution in [0.25, 0.3) is 6.08 Å². The van der Waals surface area contributed by atoms with Crippen molar-refractivity contribution >= 4 is 17.8 Å². The summed E-state index contributed by atoms with van der Waals surface area (Å²) in [6.07, 6.45) is 4.33. The first-order chi connectivity index (χ1) is 11.9. The van der Waals surface area contributed by atoms with E-state index in [2.05, 4.69) is 0 Å². The molecule has 0 aliphatic heterocycles. The second-order valence-electron chi connectivity index (χ2n) is 5.17. The fourth-order valence-electron chi connectivity index (χ4n) is 2.07. The summed E-state index contributed by atoms with van der Waals surface area (Å²) < 4.78 is 16.4. The molecular formula is C19H24O6. The summed E-state index contributed by atoms with van der Waals surface area (Å²) >= 11 is 0. The molecule has 6 nitrogen and oxygen atoms in total. The normalized spacial score (nSPS) is 12.7. The number of ether oxygens (including phenoxy) is 3. The van der Waals surface area contributed by atoms with Crippen molar-refractivity contribution in [3.63, 3.8) is 0 Å². The molecule has 136 valence electrons. The van der Waals surface area contributed by atoms with Gasteiger partial charge in [0.25, 0.3) is 0 Å². The van der Waals surface area contributed by atoms with Crippen LogP contribution in [0.5, 0.6) is 11.5 Å². The number of rotatable bonds is 10. The van der Waals surface area contributed by atoms with E-state index >= 15 is 0 Å². The quantitative estimate of drug-likeness (QED) is 0.515. The van der Waals surface area contributed by atoms with Crippen LogP contribution in [0.15, 0.2) is 36.1 Å². The minimum atomic E-state index is -1.06. The summed E-state index contributed by atoms with van der Waals surface area (Å²) in [5, 5.41) is 8.74. The summed E-state index contributed by atoms with van der Waals surface area (Å²) in [6.45, 7) is 5.30. The largest absolute Gasteiger partial charge is 0.492 e. The lowest BCUT2D eigenvalue weighted by Gasteiger charge is -2.17. The maximum atomic E-state index is 12.2. The number of allylic oxidation sites excluding steroid dienone is 2. The zero-order valence-electron chi connectivity index (χ0n) is 14.9. The number of methoxy groups -OCH3 is 1. The maximum absolute atomic E-state index is 12.2. The van der Waals surface area contributed by atoms with Gasteiger partial charge in [-0.3, -0.25) is 4.79 Å². The molecule has 1 rings (SSSR count). The summed E-state index contributed by atoms with van der Waals surface area (Å²) in [5.41, 5.74) is 0.543. The molecular weight excluding hydrogens is 324 g/mol. The molecule has 0 spiro atoms. The van der Waals surface area contributed by atoms with Crippen molar-refractivity contribution < 1.29 is 28.9 Å². The van der Waals surface area contributed by atoms with Crippen molar-refractivity contribution in [2.45, 2.75) is 33.3 Å². The number of carboxylic acid groups (broad SMARTS) is 1. The molecule has 1 N–H and O–H groups in total. The number of carboxylic acids is 1. The van der Waals surface area contributed by atoms with Gasteiger partial charge in [-0.25, -0.2) is 4.79 Å². The van der Waals surface area contributed by atoms with E-state index in [0.29, 0.717) is 23.5 Å². The molecule has 0 radical (unpaired) electrons. The van der Waals surface area contributed by atoms with Crippen LogP contribution < -0.4 is 9.47 Å². The Morgan fingerprint density at radius 2 is 2.04 bits per heavy atom. The average Bonchev–Trinajstić information content (AvgIpc) is 2.61. The molecule has 1 aromatic rings. The van der Waals surface area contributed by atoms with E-state index in [1.165, 1.54) is 13.2 Å². The van der Waals surface area contributed by atoms with Gasteiger partial charge in [0.1, 0.15) is 0 Å². The Labute approximate surface area is 147 Å². The fraction of sp³-hybridized carbons (Fsp3) is 0.368. The van der Waals surface area contributed by atoms with E-state index in [-0.39, 0.29) is 12.4 Å². The number of ketones is 1. The summed E-state index contributed by atoms with van der Waals surface area (Å²) in [4.78, 5) is 22.8. The highest BCUT2D eigenvalue weighted by atomic mass is 16.5. The topological polar surface area (TPSA) is 82.1 Å². The Morgan fingerprint density at radius 3 is 2.60 bits per heavy atom. The Morgan fingerprint density at radius 1 is 1.32 bits per heavy atom. The number of benzene rings is 1. The van der Waals surface area contributed by atoms with Crippen LogP contribution in [-0.2, 0) is 14.3 Å². The monoisotopic (exact) mass is 348 g/mol. The Kier molecular flexibility index (Phi) is 8.26. The van der Waals surface area contributed by atoms with Crippen molar-refractivity contribution in [2.75, 3.05) is 13.7 Å². The lowest BCUT2D eigenvalue weighted by Crippen LogP contribution is -2.26. The highest BCUT2D eigenvalue weighted by molar-refractivity contribution is 5.86. The van der Waals surface area contributed by atoms with Crippen molar-refractivity contribution in [2.24, 2.45) is 0 Å². The molecule has 0 fully saturated rings. The van der Waals surface area contributed by atoms with Gasteiger partial charge in [0.05, 0.1) is 12.9 Å². The third-order valence-electron chi connectivity index (χ3n) is 3.44. The number of carbonyl (C=O) groups is 2. The second kappa shape index (κ2) is 10.2. The van der Waals surface area contributed by atoms with E-state index in [4.69, 9.17) is 19.3 Å². The minimum Gasteiger partial charge on any atom is -0.492 e. The second-order valence-corrected chi connectivity index (χ2v) is 5.17. The molecule has 0 saturated heterocycles. The van der Waals surface area contributed by atoms with Crippen LogP contribution >= 0.6 is 0 Å². The van der Waals surface area contributed by atoms with E-state index in [0.717, 1.165) is 11.8 Å². The predicted octanol–water partition coefficient (Wildman–Crippen LogP) is 3.46. The Balaban J connectivity index is 2.81. The van der Waals surface area contributed by atoms with Crippen LogP contribution in [0.1, 0.15) is 32.8 Å². The zero-order chi connectivity index (χ0) is 18.8. The molecule has 25 heavy (non-hydrogen) atoms. The molecule has 0 aliphatic carbocycles. The molecule has 0 bridgehead atoms. The van der Waals surface area contributed by atoms with E-state index in [1.54, 1.807) is 25.1 Å². The zero-order valence-corrected chi connectivity index (χ0v) is 14.9. The van der Waals surface area contributed by atoms with Gasteiger partial charge in [0.15, 0.2) is 24.2 Å². The Bertz CT molecular complexity index is 660. The van der Waals surface area contributed by atoms with Gasteiger partial charge >= 0.3 is 5.97 Å². The van der Waals surface area contributed by atoms with Gasteiger partial charge in [-0.15, -0.1) is 0 Å². The summed E-state index contributed by atoms with van der Waals surface area (Å²) in [7, 11) is 1.45. The van der Waals surface area contributed by atoms with E-state index < -0.39 is 12.1 Å². The average molecular weight is 348 g/mol. The first-order valence-corrected chi connectivity index (χ1v) is 7.98. The highest BCUT2D eigenvalue weighted by Crippen LogP contribution is 2.32. The third kappa shape index (κ3) is 6.33. The van der Waals surface area contributed by atoms with Gasteiger partial charge in [-0.2, -0.15) is 0 Å². The molecule has 1 aromatic carbocycles. The molecule has 1 unspecified atom stereocenters. The number of hydrogen-bond acceptors (Lipinski definition) is 5. The van der Waals surface area contributed by atoms with Crippen LogP contribution in [0, 0.1) is 0 Å². The lowest BCUT2D eigenvalue weighted by molar-refractivity contribution is -0.131. The van der Waals surface area contributed by atoms with Crippen LogP contribution in [0.3, 0.4) is 0 Å². The third-order valence-corrected chi connectivity index (χ3v) is 3.44. The summed E-state index contributed by atoms with van der Waals surface area (Å²) in [6, 6.07) is 5.04. The number of hydrogen-bond donors (Lipinski definition) is 1. The first-order valence-electron chi connectivity index (χ1n) is 7.98. The molecule has 0 aromatic heterocycles. The van der Waals surface area contributed by atoms with Crippen molar-refractivity contribution in [1.29, 1.82) is 0 Å². The molecule has 6 heteroatoms. The fourth-order valence-corrected chi connectivity index (χ4v) is 2.07. The van der Waals surface area contributed by atoms with Crippen LogP contribution in [0.4, 0.5) is 0 Å². The number of aliphatic carboxylic acids is 1. The van der Waals surface area contributed by atoms with Crippen molar-refractivity contribution in [3.05, 3.63) is 41.7 Å². The molecule has 0 aliphatic rings. The minimum absolute atomic E-state index is 0.176. The van der Waals surface area contributed by atoms with Gasteiger partial charge in [-0.1, -0.05) is 19.1 Å². The predicted molar refractivity (Wildman–Crippen MR) is 94.8 cm³/mol. The molecule has 0 heterocycles. The number of para-hydroxylation sites is 1. The van der Waals surface area contributed by atoms with Gasteiger partial charge < -0.3 is 19.3 Å². The smallest absolute Gasteiger partial charge is 0.328 e. The van der Waals surface area contributed by atoms with Crippen LogP contribution in [-0.4, -0.2) is 36.7 Å². The SMILES string of the molecule is C/C=C(\CC)OC(C)C(=O)COc1cccc(/C=C/C(=O)O)c1OC. The number of Topliss-reactive ketones (excluding diaryl/α,β-unsaturated/α-hetero) is 1. The van der Waals surface area contributed by atoms with Crippen LogP contribution in [0.2, 0.25) is 0 Å². The molecule has 1 atom stereocenters. The maximum Gasteiger partial charge on any atom is 0.328 e. The van der Waals surface area contributed by atoms with Gasteiger partial charge in [0.2, 0.25) is 5.78 Å². The lowest BCUT2D eigenvalue weighted by atomic mass is 10.1.